The molecule has 0 fully saturated rings. The molecule has 1 amide bonds. The number of carbonyl (C=O) groups is 1. The van der Waals surface area contributed by atoms with Gasteiger partial charge in [0.15, 0.2) is 10.2 Å². The van der Waals surface area contributed by atoms with E-state index < -0.39 is 5.25 Å². The molecule has 0 saturated carbocycles. The van der Waals surface area contributed by atoms with Gasteiger partial charge < -0.3 is 9.84 Å². The van der Waals surface area contributed by atoms with Crippen LogP contribution in [0.2, 0.25) is 5.02 Å². The Labute approximate surface area is 168 Å². The van der Waals surface area contributed by atoms with Gasteiger partial charge in [0.1, 0.15) is 11.0 Å². The zero-order chi connectivity index (χ0) is 18.8. The van der Waals surface area contributed by atoms with Gasteiger partial charge in [0.05, 0.1) is 10.2 Å². The van der Waals surface area contributed by atoms with Crippen LogP contribution in [0.1, 0.15) is 16.6 Å². The summed E-state index contributed by atoms with van der Waals surface area (Å²) in [4.78, 5) is 17.6. The predicted octanol–water partition coefficient (Wildman–Crippen LogP) is 5.72. The van der Waals surface area contributed by atoms with Crippen LogP contribution in [-0.4, -0.2) is 16.0 Å². The maximum absolute atomic E-state index is 12.9. The van der Waals surface area contributed by atoms with Crippen molar-refractivity contribution in [2.75, 3.05) is 5.32 Å². The van der Waals surface area contributed by atoms with E-state index in [-0.39, 0.29) is 5.91 Å². The predicted molar refractivity (Wildman–Crippen MR) is 110 cm³/mol. The fourth-order valence-corrected chi connectivity index (χ4v) is 4.95. The molecule has 0 bridgehead atoms. The van der Waals surface area contributed by atoms with Crippen molar-refractivity contribution in [3.63, 3.8) is 0 Å². The summed E-state index contributed by atoms with van der Waals surface area (Å²) in [5.74, 6) is 0.851. The molecule has 5 nitrogen and oxygen atoms in total. The molecular weight excluding hydrogens is 402 g/mol. The van der Waals surface area contributed by atoms with E-state index in [1.807, 2.05) is 48.5 Å². The summed E-state index contributed by atoms with van der Waals surface area (Å²) >= 11 is 8.99. The van der Waals surface area contributed by atoms with Gasteiger partial charge in [0.25, 0.3) is 0 Å². The van der Waals surface area contributed by atoms with Crippen LogP contribution in [0.15, 0.2) is 63.5 Å². The second-order valence-electron chi connectivity index (χ2n) is 5.81. The summed E-state index contributed by atoms with van der Waals surface area (Å²) in [6.45, 7) is 1.78. The number of halogens is 1. The lowest BCUT2D eigenvalue weighted by Crippen LogP contribution is -2.19. The van der Waals surface area contributed by atoms with E-state index in [0.717, 1.165) is 20.1 Å². The van der Waals surface area contributed by atoms with Crippen molar-refractivity contribution in [1.82, 2.24) is 10.1 Å². The van der Waals surface area contributed by atoms with Crippen molar-refractivity contribution in [3.05, 3.63) is 70.9 Å². The lowest BCUT2D eigenvalue weighted by molar-refractivity contribution is -0.115. The molecular formula is C19H14ClN3O2S2. The molecule has 1 atom stereocenters. The van der Waals surface area contributed by atoms with Crippen LogP contribution in [0, 0.1) is 6.92 Å². The molecule has 2 aromatic heterocycles. The molecule has 0 spiro atoms. The van der Waals surface area contributed by atoms with Crippen molar-refractivity contribution in [2.24, 2.45) is 0 Å². The average molecular weight is 416 g/mol. The van der Waals surface area contributed by atoms with E-state index in [1.54, 1.807) is 13.0 Å². The second-order valence-corrected chi connectivity index (χ2v) is 8.63. The van der Waals surface area contributed by atoms with E-state index in [4.69, 9.17) is 16.1 Å². The highest BCUT2D eigenvalue weighted by molar-refractivity contribution is 8.02. The number of rotatable bonds is 5. The first-order valence-corrected chi connectivity index (χ1v) is 10.2. The van der Waals surface area contributed by atoms with Crippen molar-refractivity contribution < 1.29 is 9.32 Å². The average Bonchev–Trinajstić information content (AvgIpc) is 3.25. The summed E-state index contributed by atoms with van der Waals surface area (Å²) < 4.78 is 6.85. The van der Waals surface area contributed by atoms with Crippen LogP contribution in [0.4, 0.5) is 5.82 Å². The third-order valence-corrected chi connectivity index (χ3v) is 6.39. The number of hydrogen-bond acceptors (Lipinski definition) is 6. The number of nitrogens with one attached hydrogen (secondary N) is 1. The van der Waals surface area contributed by atoms with Gasteiger partial charge in [-0.1, -0.05) is 58.9 Å². The van der Waals surface area contributed by atoms with Crippen LogP contribution in [0.5, 0.6) is 0 Å². The Hall–Kier alpha value is -2.35. The molecule has 4 rings (SSSR count). The molecule has 2 heterocycles. The van der Waals surface area contributed by atoms with E-state index >= 15 is 0 Å². The highest BCUT2D eigenvalue weighted by Gasteiger charge is 2.24. The topological polar surface area (TPSA) is 68.0 Å². The summed E-state index contributed by atoms with van der Waals surface area (Å²) in [6, 6.07) is 16.9. The highest BCUT2D eigenvalue weighted by Crippen LogP contribution is 2.40. The number of amides is 1. The van der Waals surface area contributed by atoms with E-state index in [9.17, 15) is 4.79 Å². The number of nitrogens with zero attached hydrogens (tertiary/aromatic N) is 2. The fourth-order valence-electron chi connectivity index (χ4n) is 2.55. The molecule has 0 aliphatic carbocycles. The maximum Gasteiger partial charge on any atom is 0.243 e. The Kier molecular flexibility index (Phi) is 5.15. The van der Waals surface area contributed by atoms with Gasteiger partial charge >= 0.3 is 0 Å². The molecule has 0 aliphatic rings. The number of aryl methyl sites for hydroxylation is 1. The van der Waals surface area contributed by atoms with Crippen LogP contribution in [0.3, 0.4) is 0 Å². The Balaban J connectivity index is 1.63. The minimum atomic E-state index is -0.473. The van der Waals surface area contributed by atoms with Gasteiger partial charge in [-0.2, -0.15) is 0 Å². The van der Waals surface area contributed by atoms with Gasteiger partial charge in [-0.15, -0.1) is 11.3 Å². The Bertz CT molecular complexity index is 1090. The number of benzene rings is 2. The van der Waals surface area contributed by atoms with Crippen LogP contribution in [-0.2, 0) is 4.79 Å². The summed E-state index contributed by atoms with van der Waals surface area (Å²) in [5.41, 5.74) is 1.71. The minimum Gasteiger partial charge on any atom is -0.360 e. The normalized spacial score (nSPS) is 12.2. The van der Waals surface area contributed by atoms with Crippen molar-refractivity contribution in [2.45, 2.75) is 16.5 Å². The molecule has 0 radical (unpaired) electrons. The Morgan fingerprint density at radius 2 is 2.04 bits per heavy atom. The zero-order valence-corrected chi connectivity index (χ0v) is 16.6. The van der Waals surface area contributed by atoms with Gasteiger partial charge in [0, 0.05) is 11.1 Å². The molecule has 0 unspecified atom stereocenters. The number of thiazole rings is 1. The number of anilines is 1. The van der Waals surface area contributed by atoms with Crippen molar-refractivity contribution in [1.29, 1.82) is 0 Å². The van der Waals surface area contributed by atoms with Crippen molar-refractivity contribution >= 4 is 56.6 Å². The van der Waals surface area contributed by atoms with Gasteiger partial charge in [-0.3, -0.25) is 4.79 Å². The quantitative estimate of drug-likeness (QED) is 0.422. The first kappa shape index (κ1) is 18.0. The molecule has 27 heavy (non-hydrogen) atoms. The lowest BCUT2D eigenvalue weighted by Gasteiger charge is -2.14. The standard InChI is InChI=1S/C19H14ClN3O2S2/c1-11-9-16(23-25-11)22-18(24)17(12-5-3-2-4-6-12)27-19-21-14-10-13(20)7-8-15(14)26-19/h2-10,17H,1H3,(H,22,23,24)/t17-/m0/s1. The Morgan fingerprint density at radius 3 is 2.78 bits per heavy atom. The van der Waals surface area contributed by atoms with E-state index in [1.165, 1.54) is 23.1 Å². The fraction of sp³-hybridized carbons (Fsp3) is 0.105. The summed E-state index contributed by atoms with van der Waals surface area (Å²) in [7, 11) is 0. The van der Waals surface area contributed by atoms with Gasteiger partial charge in [0.2, 0.25) is 5.91 Å². The SMILES string of the molecule is Cc1cc(NC(=O)[C@@H](Sc2nc3cc(Cl)ccc3s2)c2ccccc2)no1. The molecule has 8 heteroatoms. The van der Waals surface area contributed by atoms with Crippen LogP contribution >= 0.6 is 34.7 Å². The van der Waals surface area contributed by atoms with E-state index in [2.05, 4.69) is 15.5 Å². The Morgan fingerprint density at radius 1 is 1.22 bits per heavy atom. The molecule has 136 valence electrons. The monoisotopic (exact) mass is 415 g/mol. The van der Waals surface area contributed by atoms with Crippen LogP contribution < -0.4 is 5.32 Å². The number of hydrogen-bond donors (Lipinski definition) is 1. The molecule has 0 aliphatic heterocycles. The molecule has 0 saturated heterocycles. The minimum absolute atomic E-state index is 0.184. The summed E-state index contributed by atoms with van der Waals surface area (Å²) in [5, 5.41) is 6.82. The van der Waals surface area contributed by atoms with E-state index in [0.29, 0.717) is 16.6 Å². The molecule has 2 aromatic carbocycles. The van der Waals surface area contributed by atoms with Crippen molar-refractivity contribution in [3.8, 4) is 0 Å². The number of thioether (sulfide) groups is 1. The zero-order valence-electron chi connectivity index (χ0n) is 14.2. The highest BCUT2D eigenvalue weighted by atomic mass is 35.5. The summed E-state index contributed by atoms with van der Waals surface area (Å²) in [6.07, 6.45) is 0. The molecule has 1 N–H and O–H groups in total. The third kappa shape index (κ3) is 4.16. The number of carbonyl (C=O) groups excluding carboxylic acids is 1. The first-order valence-electron chi connectivity index (χ1n) is 8.10. The number of fused-ring (bicyclic) bond motifs is 1. The van der Waals surface area contributed by atoms with Crippen LogP contribution in [0.25, 0.3) is 10.2 Å². The second kappa shape index (κ2) is 7.72. The van der Waals surface area contributed by atoms with Gasteiger partial charge in [-0.05, 0) is 30.7 Å². The number of aromatic nitrogens is 2. The first-order chi connectivity index (χ1) is 13.1. The molecule has 4 aromatic rings. The third-order valence-electron chi connectivity index (χ3n) is 3.77. The largest absolute Gasteiger partial charge is 0.360 e. The lowest BCUT2D eigenvalue weighted by atomic mass is 10.1. The van der Waals surface area contributed by atoms with Gasteiger partial charge in [-0.25, -0.2) is 4.98 Å². The maximum atomic E-state index is 12.9. The smallest absolute Gasteiger partial charge is 0.243 e.